The van der Waals surface area contributed by atoms with Crippen LogP contribution in [0.4, 0.5) is 11.6 Å². The molecule has 7 nitrogen and oxygen atoms in total. The largest absolute Gasteiger partial charge is 0.469 e. The van der Waals surface area contributed by atoms with Gasteiger partial charge in [0.15, 0.2) is 0 Å². The minimum Gasteiger partial charge on any atom is -0.469 e. The van der Waals surface area contributed by atoms with Crippen molar-refractivity contribution in [1.82, 2.24) is 14.5 Å². The number of esters is 1. The van der Waals surface area contributed by atoms with E-state index in [-0.39, 0.29) is 17.9 Å². The van der Waals surface area contributed by atoms with E-state index in [1.165, 1.54) is 11.7 Å². The summed E-state index contributed by atoms with van der Waals surface area (Å²) in [6, 6.07) is 14.0. The number of halogens is 2. The van der Waals surface area contributed by atoms with Gasteiger partial charge in [-0.3, -0.25) is 14.2 Å². The van der Waals surface area contributed by atoms with Crippen LogP contribution in [-0.4, -0.2) is 27.6 Å². The van der Waals surface area contributed by atoms with Gasteiger partial charge in [-0.2, -0.15) is 4.98 Å². The zero-order chi connectivity index (χ0) is 22.8. The molecule has 0 unspecified atom stereocenters. The molecule has 2 aromatic carbocycles. The number of carbonyl (C=O) groups is 1. The van der Waals surface area contributed by atoms with Crippen molar-refractivity contribution in [3.63, 3.8) is 0 Å². The number of hydrogen-bond donors (Lipinski definition) is 1. The third-order valence-corrected chi connectivity index (χ3v) is 5.60. The molecule has 4 rings (SSSR count). The van der Waals surface area contributed by atoms with Crippen molar-refractivity contribution in [2.45, 2.75) is 6.42 Å². The lowest BCUT2D eigenvalue weighted by atomic mass is 10.1. The van der Waals surface area contributed by atoms with Crippen molar-refractivity contribution >= 4 is 51.8 Å². The molecule has 2 heterocycles. The number of nitrogens with zero attached hydrogens (tertiary/aromatic N) is 3. The zero-order valence-electron chi connectivity index (χ0n) is 17.2. The lowest BCUT2D eigenvalue weighted by Crippen LogP contribution is -2.20. The summed E-state index contributed by atoms with van der Waals surface area (Å²) in [6.45, 7) is 0. The highest BCUT2D eigenvalue weighted by Crippen LogP contribution is 2.33. The second-order valence-electron chi connectivity index (χ2n) is 7.07. The molecule has 162 valence electrons. The van der Waals surface area contributed by atoms with Crippen LogP contribution in [0, 0.1) is 0 Å². The van der Waals surface area contributed by atoms with E-state index in [4.69, 9.17) is 23.2 Å². The summed E-state index contributed by atoms with van der Waals surface area (Å²) in [7, 11) is 2.99. The van der Waals surface area contributed by atoms with Crippen molar-refractivity contribution in [2.75, 3.05) is 12.4 Å². The number of rotatable bonds is 5. The molecule has 0 aliphatic rings. The Kier molecular flexibility index (Phi) is 6.12. The average molecular weight is 469 g/mol. The van der Waals surface area contributed by atoms with Gasteiger partial charge in [0.25, 0.3) is 5.56 Å². The average Bonchev–Trinajstić information content (AvgIpc) is 2.78. The fraction of sp³-hybridized carbons (Fsp3) is 0.130. The van der Waals surface area contributed by atoms with Gasteiger partial charge in [-0.05, 0) is 35.9 Å². The van der Waals surface area contributed by atoms with Crippen molar-refractivity contribution in [3.8, 4) is 11.1 Å². The molecule has 32 heavy (non-hydrogen) atoms. The van der Waals surface area contributed by atoms with Crippen LogP contribution < -0.4 is 10.9 Å². The second-order valence-corrected chi connectivity index (χ2v) is 7.88. The van der Waals surface area contributed by atoms with Crippen LogP contribution in [0.5, 0.6) is 0 Å². The number of hydrogen-bond acceptors (Lipinski definition) is 6. The summed E-state index contributed by atoms with van der Waals surface area (Å²) in [6.07, 6.45) is 1.83. The molecule has 0 saturated heterocycles. The van der Waals surface area contributed by atoms with Gasteiger partial charge >= 0.3 is 5.97 Å². The first-order chi connectivity index (χ1) is 15.4. The van der Waals surface area contributed by atoms with Crippen molar-refractivity contribution < 1.29 is 9.53 Å². The molecule has 0 aliphatic heterocycles. The monoisotopic (exact) mass is 468 g/mol. The number of nitrogens with one attached hydrogen (secondary N) is 1. The molecule has 9 heteroatoms. The van der Waals surface area contributed by atoms with Crippen LogP contribution in [-0.2, 0) is 23.0 Å². The van der Waals surface area contributed by atoms with Gasteiger partial charge in [-0.25, -0.2) is 4.98 Å². The van der Waals surface area contributed by atoms with Crippen LogP contribution in [0.25, 0.3) is 22.2 Å². The Labute approximate surface area is 193 Å². The Morgan fingerprint density at radius 1 is 1.12 bits per heavy atom. The molecule has 1 N–H and O–H groups in total. The summed E-state index contributed by atoms with van der Waals surface area (Å²) < 4.78 is 6.12. The highest BCUT2D eigenvalue weighted by atomic mass is 35.5. The second kappa shape index (κ2) is 8.98. The van der Waals surface area contributed by atoms with E-state index < -0.39 is 0 Å². The number of aromatic nitrogens is 3. The van der Waals surface area contributed by atoms with Gasteiger partial charge in [0, 0.05) is 29.9 Å². The van der Waals surface area contributed by atoms with E-state index in [1.54, 1.807) is 37.5 Å². The molecule has 0 spiro atoms. The van der Waals surface area contributed by atoms with E-state index in [2.05, 4.69) is 20.0 Å². The molecular weight excluding hydrogens is 451 g/mol. The number of methoxy groups -OCH3 is 1. The van der Waals surface area contributed by atoms with Crippen molar-refractivity contribution in [1.29, 1.82) is 0 Å². The smallest absolute Gasteiger partial charge is 0.309 e. The van der Waals surface area contributed by atoms with E-state index in [0.29, 0.717) is 38.2 Å². The summed E-state index contributed by atoms with van der Waals surface area (Å²) in [5.41, 5.74) is 2.61. The fourth-order valence-electron chi connectivity index (χ4n) is 3.32. The van der Waals surface area contributed by atoms with Crippen LogP contribution >= 0.6 is 23.2 Å². The van der Waals surface area contributed by atoms with Gasteiger partial charge < -0.3 is 10.1 Å². The van der Waals surface area contributed by atoms with E-state index >= 15 is 0 Å². The number of carbonyl (C=O) groups excluding carboxylic acids is 1. The van der Waals surface area contributed by atoms with Gasteiger partial charge in [0.1, 0.15) is 5.65 Å². The van der Waals surface area contributed by atoms with Crippen LogP contribution in [0.15, 0.2) is 59.5 Å². The molecule has 0 aliphatic carbocycles. The summed E-state index contributed by atoms with van der Waals surface area (Å²) in [4.78, 5) is 33.3. The highest BCUT2D eigenvalue weighted by molar-refractivity contribution is 6.39. The third-order valence-electron chi connectivity index (χ3n) is 4.97. The number of aryl methyl sites for hydroxylation is 1. The predicted molar refractivity (Wildman–Crippen MR) is 126 cm³/mol. The van der Waals surface area contributed by atoms with Crippen LogP contribution in [0.3, 0.4) is 0 Å². The van der Waals surface area contributed by atoms with Crippen molar-refractivity contribution in [2.24, 2.45) is 7.05 Å². The molecule has 0 fully saturated rings. The van der Waals surface area contributed by atoms with Crippen LogP contribution in [0.1, 0.15) is 5.56 Å². The van der Waals surface area contributed by atoms with Gasteiger partial charge in [-0.1, -0.05) is 41.4 Å². The topological polar surface area (TPSA) is 86.1 Å². The van der Waals surface area contributed by atoms with Gasteiger partial charge in [0.2, 0.25) is 5.95 Å². The van der Waals surface area contributed by atoms with Gasteiger partial charge in [-0.15, -0.1) is 0 Å². The normalized spacial score (nSPS) is 10.9. The highest BCUT2D eigenvalue weighted by Gasteiger charge is 2.16. The lowest BCUT2D eigenvalue weighted by molar-refractivity contribution is -0.139. The lowest BCUT2D eigenvalue weighted by Gasteiger charge is -2.12. The molecular formula is C23H18Cl2N4O3. The Morgan fingerprint density at radius 2 is 1.81 bits per heavy atom. The van der Waals surface area contributed by atoms with Crippen LogP contribution in [0.2, 0.25) is 10.0 Å². The zero-order valence-corrected chi connectivity index (χ0v) is 18.7. The first-order valence-electron chi connectivity index (χ1n) is 9.61. The summed E-state index contributed by atoms with van der Waals surface area (Å²) in [5, 5.41) is 4.55. The van der Waals surface area contributed by atoms with E-state index in [9.17, 15) is 9.59 Å². The van der Waals surface area contributed by atoms with E-state index in [1.807, 2.05) is 24.3 Å². The molecule has 4 aromatic rings. The molecule has 0 amide bonds. The molecule has 0 radical (unpaired) electrons. The number of benzene rings is 2. The summed E-state index contributed by atoms with van der Waals surface area (Å²) in [5.74, 6) is 0.0266. The SMILES string of the molecule is COC(=O)Cc1ccc(Nc2ncc3cc(-c4c(Cl)cccc4Cl)c(=O)n(C)c3n2)cc1. The maximum Gasteiger partial charge on any atom is 0.309 e. The van der Waals surface area contributed by atoms with Crippen molar-refractivity contribution in [3.05, 3.63) is 80.7 Å². The Morgan fingerprint density at radius 3 is 2.47 bits per heavy atom. The van der Waals surface area contributed by atoms with Gasteiger partial charge in [0.05, 0.1) is 29.1 Å². The standard InChI is InChI=1S/C23H18Cl2N4O3/c1-29-21-14(11-16(22(29)31)20-17(24)4-3-5-18(20)25)12-26-23(28-21)27-15-8-6-13(7-9-15)10-19(30)32-2/h3-9,11-12H,10H2,1-2H3,(H,26,27,28). The molecule has 0 atom stereocenters. The predicted octanol–water partition coefficient (Wildman–Crippen LogP) is 4.76. The minimum atomic E-state index is -0.304. The third kappa shape index (κ3) is 4.30. The fourth-order valence-corrected chi connectivity index (χ4v) is 3.92. The first kappa shape index (κ1) is 21.8. The quantitative estimate of drug-likeness (QED) is 0.424. The van der Waals surface area contributed by atoms with E-state index in [0.717, 1.165) is 11.3 Å². The molecule has 2 aromatic heterocycles. The Hall–Kier alpha value is -3.42. The minimum absolute atomic E-state index is 0.198. The Bertz CT molecular complexity index is 1360. The number of anilines is 2. The Balaban J connectivity index is 1.67. The first-order valence-corrected chi connectivity index (χ1v) is 10.4. The molecule has 0 saturated carbocycles. The number of fused-ring (bicyclic) bond motifs is 1. The number of ether oxygens (including phenoxy) is 1. The summed E-state index contributed by atoms with van der Waals surface area (Å²) >= 11 is 12.6. The maximum absolute atomic E-state index is 13.0. The maximum atomic E-state index is 13.0. The number of pyridine rings is 1. The molecule has 0 bridgehead atoms.